The number of carbonyl (C=O) groups is 1. The Kier molecular flexibility index (Phi) is 5.30. The molecule has 0 aliphatic heterocycles. The number of nitrogen functional groups attached to an aromatic ring is 1. The molecule has 116 valence electrons. The number of anilines is 1. The first kappa shape index (κ1) is 15.8. The number of ether oxygens (including phenoxy) is 2. The van der Waals surface area contributed by atoms with Crippen LogP contribution < -0.4 is 10.5 Å². The molecule has 0 aliphatic carbocycles. The Balaban J connectivity index is 1.95. The number of rotatable bonds is 6. The van der Waals surface area contributed by atoms with Gasteiger partial charge in [0.1, 0.15) is 23.0 Å². The fraction of sp³-hybridized carbons (Fsp3) is 0.312. The monoisotopic (exact) mass is 301 g/mol. The summed E-state index contributed by atoms with van der Waals surface area (Å²) in [7, 11) is 0. The Morgan fingerprint density at radius 3 is 2.77 bits per heavy atom. The summed E-state index contributed by atoms with van der Waals surface area (Å²) in [6, 6.07) is 7.78. The van der Waals surface area contributed by atoms with Crippen LogP contribution in [0, 0.1) is 6.92 Å². The highest BCUT2D eigenvalue weighted by atomic mass is 16.5. The molecule has 1 aromatic heterocycles. The molecule has 22 heavy (non-hydrogen) atoms. The van der Waals surface area contributed by atoms with Gasteiger partial charge in [-0.25, -0.2) is 14.8 Å². The second kappa shape index (κ2) is 7.40. The predicted octanol–water partition coefficient (Wildman–Crippen LogP) is 2.17. The van der Waals surface area contributed by atoms with Gasteiger partial charge < -0.3 is 15.2 Å². The zero-order chi connectivity index (χ0) is 15.9. The minimum Gasteiger partial charge on any atom is -0.493 e. The van der Waals surface area contributed by atoms with E-state index in [1.54, 1.807) is 6.92 Å². The number of nitrogens with two attached hydrogens (primary N) is 1. The molecule has 1 heterocycles. The van der Waals surface area contributed by atoms with E-state index in [0.717, 1.165) is 11.3 Å². The van der Waals surface area contributed by atoms with Crippen LogP contribution in [0.4, 0.5) is 5.82 Å². The van der Waals surface area contributed by atoms with E-state index in [2.05, 4.69) is 9.97 Å². The minimum atomic E-state index is -0.511. The zero-order valence-electron chi connectivity index (χ0n) is 12.7. The summed E-state index contributed by atoms with van der Waals surface area (Å²) in [6.45, 7) is 4.43. The fourth-order valence-corrected chi connectivity index (χ4v) is 1.89. The maximum absolute atomic E-state index is 11.6. The van der Waals surface area contributed by atoms with E-state index in [1.165, 1.54) is 6.20 Å². The molecule has 2 aromatic rings. The number of hydrogen-bond acceptors (Lipinski definition) is 6. The molecule has 2 rings (SSSR count). The summed E-state index contributed by atoms with van der Waals surface area (Å²) in [4.78, 5) is 19.8. The summed E-state index contributed by atoms with van der Waals surface area (Å²) >= 11 is 0. The molecule has 0 spiro atoms. The molecule has 2 N–H and O–H groups in total. The Morgan fingerprint density at radius 1 is 1.32 bits per heavy atom. The third kappa shape index (κ3) is 3.94. The van der Waals surface area contributed by atoms with Gasteiger partial charge in [0.25, 0.3) is 0 Å². The predicted molar refractivity (Wildman–Crippen MR) is 82.8 cm³/mol. The number of para-hydroxylation sites is 1. The quantitative estimate of drug-likeness (QED) is 0.823. The third-order valence-corrected chi connectivity index (χ3v) is 3.04. The average molecular weight is 301 g/mol. The van der Waals surface area contributed by atoms with Gasteiger partial charge >= 0.3 is 5.97 Å². The molecule has 6 heteroatoms. The van der Waals surface area contributed by atoms with E-state index < -0.39 is 5.97 Å². The second-order valence-corrected chi connectivity index (χ2v) is 4.67. The lowest BCUT2D eigenvalue weighted by Gasteiger charge is -2.09. The third-order valence-electron chi connectivity index (χ3n) is 3.04. The van der Waals surface area contributed by atoms with Gasteiger partial charge in [-0.3, -0.25) is 0 Å². The smallest absolute Gasteiger partial charge is 0.343 e. The van der Waals surface area contributed by atoms with Crippen LogP contribution in [0.2, 0.25) is 0 Å². The molecule has 0 radical (unpaired) electrons. The molecule has 0 unspecified atom stereocenters. The van der Waals surface area contributed by atoms with E-state index in [-0.39, 0.29) is 18.0 Å². The summed E-state index contributed by atoms with van der Waals surface area (Å²) in [5.74, 6) is 0.972. The van der Waals surface area contributed by atoms with Gasteiger partial charge in [0, 0.05) is 12.6 Å². The lowest BCUT2D eigenvalue weighted by molar-refractivity contribution is 0.0526. The van der Waals surface area contributed by atoms with Crippen molar-refractivity contribution >= 4 is 11.8 Å². The van der Waals surface area contributed by atoms with E-state index in [4.69, 9.17) is 15.2 Å². The van der Waals surface area contributed by atoms with Crippen LogP contribution in [-0.2, 0) is 11.2 Å². The molecule has 0 saturated carbocycles. The molecule has 0 saturated heterocycles. The maximum atomic E-state index is 11.6. The van der Waals surface area contributed by atoms with Crippen molar-refractivity contribution in [3.63, 3.8) is 0 Å². The lowest BCUT2D eigenvalue weighted by atomic mass is 10.2. The Hall–Kier alpha value is -2.63. The van der Waals surface area contributed by atoms with Crippen LogP contribution in [-0.4, -0.2) is 29.2 Å². The first-order chi connectivity index (χ1) is 10.6. The van der Waals surface area contributed by atoms with Crippen LogP contribution in [0.15, 0.2) is 30.5 Å². The number of aryl methyl sites for hydroxylation is 1. The number of aromatic nitrogens is 2. The largest absolute Gasteiger partial charge is 0.493 e. The highest BCUT2D eigenvalue weighted by Crippen LogP contribution is 2.16. The molecule has 0 aliphatic rings. The number of benzene rings is 1. The van der Waals surface area contributed by atoms with E-state index in [0.29, 0.717) is 18.9 Å². The fourth-order valence-electron chi connectivity index (χ4n) is 1.89. The zero-order valence-corrected chi connectivity index (χ0v) is 12.7. The van der Waals surface area contributed by atoms with Gasteiger partial charge in [0.2, 0.25) is 0 Å². The van der Waals surface area contributed by atoms with Gasteiger partial charge in [-0.15, -0.1) is 0 Å². The van der Waals surface area contributed by atoms with Crippen LogP contribution in [0.25, 0.3) is 0 Å². The van der Waals surface area contributed by atoms with E-state index in [9.17, 15) is 4.79 Å². The summed E-state index contributed by atoms with van der Waals surface area (Å²) in [6.07, 6.45) is 1.89. The van der Waals surface area contributed by atoms with Crippen molar-refractivity contribution in [2.75, 3.05) is 18.9 Å². The van der Waals surface area contributed by atoms with Gasteiger partial charge in [-0.1, -0.05) is 18.2 Å². The van der Waals surface area contributed by atoms with Gasteiger partial charge in [0.15, 0.2) is 0 Å². The van der Waals surface area contributed by atoms with Crippen LogP contribution in [0.5, 0.6) is 5.75 Å². The van der Waals surface area contributed by atoms with Crippen molar-refractivity contribution in [3.05, 3.63) is 47.4 Å². The number of nitrogens with zero attached hydrogens (tertiary/aromatic N) is 2. The first-order valence-corrected chi connectivity index (χ1v) is 7.08. The average Bonchev–Trinajstić information content (AvgIpc) is 2.49. The summed E-state index contributed by atoms with van der Waals surface area (Å²) in [5.41, 5.74) is 7.02. The summed E-state index contributed by atoms with van der Waals surface area (Å²) in [5, 5.41) is 0. The van der Waals surface area contributed by atoms with Crippen LogP contribution in [0.3, 0.4) is 0 Å². The SMILES string of the molecule is CCOC(=O)c1cnc(CCOc2ccccc2C)nc1N. The molecule has 6 nitrogen and oxygen atoms in total. The van der Waals surface area contributed by atoms with E-state index in [1.807, 2.05) is 31.2 Å². The standard InChI is InChI=1S/C16H19N3O3/c1-3-21-16(20)12-10-18-14(19-15(12)17)8-9-22-13-7-5-4-6-11(13)2/h4-7,10H,3,8-9H2,1-2H3,(H2,17,18,19). The Bertz CT molecular complexity index is 659. The van der Waals surface area contributed by atoms with Gasteiger partial charge in [-0.05, 0) is 25.5 Å². The first-order valence-electron chi connectivity index (χ1n) is 7.08. The van der Waals surface area contributed by atoms with Gasteiger partial charge in [0.05, 0.1) is 13.2 Å². The van der Waals surface area contributed by atoms with Crippen molar-refractivity contribution in [3.8, 4) is 5.75 Å². The van der Waals surface area contributed by atoms with Crippen molar-refractivity contribution in [2.24, 2.45) is 0 Å². The molecule has 1 aromatic carbocycles. The van der Waals surface area contributed by atoms with Gasteiger partial charge in [-0.2, -0.15) is 0 Å². The molecule has 0 bridgehead atoms. The topological polar surface area (TPSA) is 87.3 Å². The molecular formula is C16H19N3O3. The second-order valence-electron chi connectivity index (χ2n) is 4.67. The normalized spacial score (nSPS) is 10.3. The number of carbonyl (C=O) groups excluding carboxylic acids is 1. The number of esters is 1. The Labute approximate surface area is 129 Å². The van der Waals surface area contributed by atoms with Crippen molar-refractivity contribution in [1.29, 1.82) is 0 Å². The lowest BCUT2D eigenvalue weighted by Crippen LogP contribution is -2.13. The van der Waals surface area contributed by atoms with Crippen molar-refractivity contribution in [1.82, 2.24) is 9.97 Å². The van der Waals surface area contributed by atoms with Crippen molar-refractivity contribution < 1.29 is 14.3 Å². The Morgan fingerprint density at radius 2 is 2.09 bits per heavy atom. The molecule has 0 fully saturated rings. The summed E-state index contributed by atoms with van der Waals surface area (Å²) < 4.78 is 10.6. The van der Waals surface area contributed by atoms with Crippen molar-refractivity contribution in [2.45, 2.75) is 20.3 Å². The maximum Gasteiger partial charge on any atom is 0.343 e. The molecule has 0 atom stereocenters. The van der Waals surface area contributed by atoms with E-state index >= 15 is 0 Å². The molecular weight excluding hydrogens is 282 g/mol. The van der Waals surface area contributed by atoms with Crippen LogP contribution >= 0.6 is 0 Å². The van der Waals surface area contributed by atoms with Crippen LogP contribution in [0.1, 0.15) is 28.7 Å². The minimum absolute atomic E-state index is 0.124. The highest BCUT2D eigenvalue weighted by molar-refractivity contribution is 5.93. The number of hydrogen-bond donors (Lipinski definition) is 1. The molecule has 0 amide bonds. The highest BCUT2D eigenvalue weighted by Gasteiger charge is 2.13.